The molecule has 1 rings (SSSR count). The normalized spacial score (nSPS) is 12.3. The van der Waals surface area contributed by atoms with Crippen molar-refractivity contribution < 1.29 is 19.4 Å². The van der Waals surface area contributed by atoms with Crippen molar-refractivity contribution in [3.8, 4) is 11.5 Å². The van der Waals surface area contributed by atoms with Crippen LogP contribution < -0.4 is 15.2 Å². The first-order valence-corrected chi connectivity index (χ1v) is 6.63. The van der Waals surface area contributed by atoms with Gasteiger partial charge in [0.1, 0.15) is 0 Å². The molecule has 0 bridgehead atoms. The van der Waals surface area contributed by atoms with Gasteiger partial charge >= 0.3 is 5.97 Å². The second kappa shape index (κ2) is 6.81. The second-order valence-electron chi connectivity index (χ2n) is 4.71. The van der Waals surface area contributed by atoms with Crippen LogP contribution in [0, 0.1) is 0 Å². The molecule has 20 heavy (non-hydrogen) atoms. The zero-order valence-corrected chi connectivity index (χ0v) is 12.8. The molecule has 6 heteroatoms. The molecule has 112 valence electrons. The highest BCUT2D eigenvalue weighted by atomic mass is 35.5. The molecule has 1 unspecified atom stereocenters. The second-order valence-corrected chi connectivity index (χ2v) is 5.09. The highest BCUT2D eigenvalue weighted by Crippen LogP contribution is 2.44. The number of carbonyl (C=O) groups is 1. The number of nitrogens with two attached hydrogens (primary N) is 1. The Morgan fingerprint density at radius 3 is 2.35 bits per heavy atom. The van der Waals surface area contributed by atoms with Crippen molar-refractivity contribution in [1.29, 1.82) is 0 Å². The van der Waals surface area contributed by atoms with Crippen molar-refractivity contribution in [2.24, 2.45) is 5.73 Å². The van der Waals surface area contributed by atoms with E-state index in [2.05, 4.69) is 0 Å². The first-order chi connectivity index (χ1) is 9.38. The summed E-state index contributed by atoms with van der Waals surface area (Å²) in [6, 6.07) is 1.64. The Bertz CT molecular complexity index is 502. The molecule has 1 aromatic rings. The van der Waals surface area contributed by atoms with E-state index in [1.165, 1.54) is 14.2 Å². The van der Waals surface area contributed by atoms with Crippen LogP contribution in [0.2, 0.25) is 5.02 Å². The zero-order chi connectivity index (χ0) is 15.4. The maximum atomic E-state index is 11.4. The van der Waals surface area contributed by atoms with Gasteiger partial charge in [0.05, 0.1) is 25.2 Å². The molecule has 0 aliphatic rings. The molecule has 0 saturated carbocycles. The SMILES string of the molecule is COc1cc(C(CN)C(=O)O)c(C(C)C)c(Cl)c1OC. The highest BCUT2D eigenvalue weighted by Gasteiger charge is 2.28. The Hall–Kier alpha value is -1.46. The Kier molecular flexibility index (Phi) is 5.65. The summed E-state index contributed by atoms with van der Waals surface area (Å²) in [5, 5.41) is 9.69. The van der Waals surface area contributed by atoms with Gasteiger partial charge in [0.25, 0.3) is 0 Å². The summed E-state index contributed by atoms with van der Waals surface area (Å²) in [5.74, 6) is -0.979. The molecule has 1 aromatic carbocycles. The van der Waals surface area contributed by atoms with Crippen LogP contribution >= 0.6 is 11.6 Å². The van der Waals surface area contributed by atoms with Gasteiger partial charge in [-0.2, -0.15) is 0 Å². The van der Waals surface area contributed by atoms with Gasteiger partial charge < -0.3 is 20.3 Å². The Morgan fingerprint density at radius 1 is 1.40 bits per heavy atom. The lowest BCUT2D eigenvalue weighted by Gasteiger charge is -2.22. The number of carboxylic acids is 1. The monoisotopic (exact) mass is 301 g/mol. The lowest BCUT2D eigenvalue weighted by Crippen LogP contribution is -2.23. The summed E-state index contributed by atoms with van der Waals surface area (Å²) in [6.07, 6.45) is 0. The van der Waals surface area contributed by atoms with Gasteiger partial charge in [-0.1, -0.05) is 25.4 Å². The number of benzene rings is 1. The van der Waals surface area contributed by atoms with E-state index in [4.69, 9.17) is 26.8 Å². The molecule has 0 spiro atoms. The summed E-state index contributed by atoms with van der Waals surface area (Å²) in [4.78, 5) is 11.4. The molecule has 3 N–H and O–H groups in total. The van der Waals surface area contributed by atoms with Crippen LogP contribution in [0.25, 0.3) is 0 Å². The van der Waals surface area contributed by atoms with Crippen molar-refractivity contribution in [1.82, 2.24) is 0 Å². The molecule has 0 aromatic heterocycles. The average molecular weight is 302 g/mol. The van der Waals surface area contributed by atoms with Gasteiger partial charge in [0, 0.05) is 6.54 Å². The van der Waals surface area contributed by atoms with Gasteiger partial charge in [0.2, 0.25) is 0 Å². The first kappa shape index (κ1) is 16.6. The van der Waals surface area contributed by atoms with E-state index in [-0.39, 0.29) is 12.5 Å². The van der Waals surface area contributed by atoms with E-state index < -0.39 is 11.9 Å². The lowest BCUT2D eigenvalue weighted by atomic mass is 9.88. The van der Waals surface area contributed by atoms with E-state index in [9.17, 15) is 9.90 Å². The number of carboxylic acid groups (broad SMARTS) is 1. The third kappa shape index (κ3) is 2.99. The molecule has 0 fully saturated rings. The van der Waals surface area contributed by atoms with Crippen LogP contribution in [-0.4, -0.2) is 31.8 Å². The number of halogens is 1. The standard InChI is InChI=1S/C14H20ClNO4/c1-7(2)11-8(9(6-16)14(17)18)5-10(19-3)13(20-4)12(11)15/h5,7,9H,6,16H2,1-4H3,(H,17,18). The van der Waals surface area contributed by atoms with Crippen LogP contribution in [-0.2, 0) is 4.79 Å². The number of ether oxygens (including phenoxy) is 2. The predicted octanol–water partition coefficient (Wildman–Crippen LogP) is 2.61. The molecule has 0 aliphatic heterocycles. The van der Waals surface area contributed by atoms with Crippen molar-refractivity contribution in [2.75, 3.05) is 20.8 Å². The van der Waals surface area contributed by atoms with E-state index in [1.54, 1.807) is 6.07 Å². The van der Waals surface area contributed by atoms with Crippen LogP contribution in [0.5, 0.6) is 11.5 Å². The number of methoxy groups -OCH3 is 2. The smallest absolute Gasteiger partial charge is 0.312 e. The lowest BCUT2D eigenvalue weighted by molar-refractivity contribution is -0.138. The third-order valence-electron chi connectivity index (χ3n) is 3.17. The molecule has 5 nitrogen and oxygen atoms in total. The van der Waals surface area contributed by atoms with Gasteiger partial charge in [-0.15, -0.1) is 0 Å². The van der Waals surface area contributed by atoms with Crippen LogP contribution in [0.15, 0.2) is 6.07 Å². The van der Waals surface area contributed by atoms with Crippen LogP contribution in [0.4, 0.5) is 0 Å². The maximum absolute atomic E-state index is 11.4. The number of hydrogen-bond donors (Lipinski definition) is 2. The molecule has 0 aliphatic carbocycles. The topological polar surface area (TPSA) is 81.8 Å². The molecule has 0 radical (unpaired) electrons. The van der Waals surface area contributed by atoms with Gasteiger partial charge in [0.15, 0.2) is 11.5 Å². The molecular formula is C14H20ClNO4. The van der Waals surface area contributed by atoms with Gasteiger partial charge in [-0.3, -0.25) is 4.79 Å². The van der Waals surface area contributed by atoms with E-state index in [0.29, 0.717) is 22.1 Å². The molecule has 1 atom stereocenters. The van der Waals surface area contributed by atoms with Crippen molar-refractivity contribution >= 4 is 17.6 Å². The van der Waals surface area contributed by atoms with E-state index >= 15 is 0 Å². The minimum atomic E-state index is -0.988. The average Bonchev–Trinajstić information content (AvgIpc) is 2.37. The number of hydrogen-bond acceptors (Lipinski definition) is 4. The van der Waals surface area contributed by atoms with Crippen molar-refractivity contribution in [3.05, 3.63) is 22.2 Å². The minimum absolute atomic E-state index is 0.0130. The predicted molar refractivity (Wildman–Crippen MR) is 78.1 cm³/mol. The molecular weight excluding hydrogens is 282 g/mol. The largest absolute Gasteiger partial charge is 0.493 e. The van der Waals surface area contributed by atoms with E-state index in [1.807, 2.05) is 13.8 Å². The summed E-state index contributed by atoms with van der Waals surface area (Å²) < 4.78 is 10.5. The fraction of sp³-hybridized carbons (Fsp3) is 0.500. The molecule has 0 saturated heterocycles. The van der Waals surface area contributed by atoms with Crippen LogP contribution in [0.1, 0.15) is 36.8 Å². The van der Waals surface area contributed by atoms with E-state index in [0.717, 1.165) is 5.56 Å². The first-order valence-electron chi connectivity index (χ1n) is 6.26. The number of aliphatic carboxylic acids is 1. The summed E-state index contributed by atoms with van der Waals surface area (Å²) in [7, 11) is 2.97. The van der Waals surface area contributed by atoms with Gasteiger partial charge in [-0.25, -0.2) is 0 Å². The quantitative estimate of drug-likeness (QED) is 0.844. The van der Waals surface area contributed by atoms with Crippen molar-refractivity contribution in [2.45, 2.75) is 25.7 Å². The Morgan fingerprint density at radius 2 is 2.00 bits per heavy atom. The third-order valence-corrected chi connectivity index (χ3v) is 3.54. The highest BCUT2D eigenvalue weighted by molar-refractivity contribution is 6.33. The summed E-state index contributed by atoms with van der Waals surface area (Å²) >= 11 is 6.36. The Balaban J connectivity index is 3.64. The fourth-order valence-electron chi connectivity index (χ4n) is 2.22. The Labute approximate surface area is 123 Å². The summed E-state index contributed by atoms with van der Waals surface area (Å²) in [6.45, 7) is 3.86. The summed E-state index contributed by atoms with van der Waals surface area (Å²) in [5.41, 5.74) is 6.88. The molecule has 0 amide bonds. The molecule has 0 heterocycles. The zero-order valence-electron chi connectivity index (χ0n) is 12.1. The fourth-order valence-corrected chi connectivity index (χ4v) is 2.72. The van der Waals surface area contributed by atoms with Crippen LogP contribution in [0.3, 0.4) is 0 Å². The number of rotatable bonds is 6. The van der Waals surface area contributed by atoms with Crippen molar-refractivity contribution in [3.63, 3.8) is 0 Å². The van der Waals surface area contributed by atoms with Gasteiger partial charge in [-0.05, 0) is 23.1 Å². The maximum Gasteiger partial charge on any atom is 0.312 e. The minimum Gasteiger partial charge on any atom is -0.493 e.